The van der Waals surface area contributed by atoms with Crippen LogP contribution >= 0.6 is 12.4 Å². The number of nitrogens with zero attached hydrogens (tertiary/aromatic N) is 2. The number of carbonyl (C=O) groups is 1. The van der Waals surface area contributed by atoms with E-state index in [1.165, 1.54) is 6.07 Å². The Morgan fingerprint density at radius 1 is 1.13 bits per heavy atom. The van der Waals surface area contributed by atoms with Gasteiger partial charge in [-0.2, -0.15) is 13.2 Å². The second-order valence-electron chi connectivity index (χ2n) is 7.79. The summed E-state index contributed by atoms with van der Waals surface area (Å²) in [6.07, 6.45) is -2.28. The first-order valence-electron chi connectivity index (χ1n) is 9.94. The first-order chi connectivity index (χ1) is 14.1. The summed E-state index contributed by atoms with van der Waals surface area (Å²) in [5.74, 6) is -0.215. The lowest BCUT2D eigenvalue weighted by molar-refractivity contribution is -0.137. The van der Waals surface area contributed by atoms with Gasteiger partial charge in [-0.3, -0.25) is 4.79 Å². The highest BCUT2D eigenvalue weighted by atomic mass is 35.5. The number of carbonyl (C=O) groups excluding carboxylic acids is 1. The molecule has 1 heterocycles. The highest BCUT2D eigenvalue weighted by molar-refractivity contribution is 5.85. The molecular formula is C22H28ClF3N4O. The van der Waals surface area contributed by atoms with Gasteiger partial charge in [-0.15, -0.1) is 12.4 Å². The highest BCUT2D eigenvalue weighted by Gasteiger charge is 2.31. The van der Waals surface area contributed by atoms with E-state index in [1.54, 1.807) is 18.0 Å². The van der Waals surface area contributed by atoms with Crippen LogP contribution in [0.4, 0.5) is 24.5 Å². The number of rotatable bonds is 6. The van der Waals surface area contributed by atoms with Crippen LogP contribution in [0.1, 0.15) is 35.6 Å². The topological polar surface area (TPSA) is 75.6 Å². The van der Waals surface area contributed by atoms with Crippen LogP contribution in [0.3, 0.4) is 0 Å². The molecule has 0 aromatic heterocycles. The van der Waals surface area contributed by atoms with E-state index in [0.717, 1.165) is 43.6 Å². The maximum atomic E-state index is 13.0. The molecule has 0 spiro atoms. The maximum Gasteiger partial charge on any atom is 0.416 e. The Kier molecular flexibility index (Phi) is 8.20. The summed E-state index contributed by atoms with van der Waals surface area (Å²) in [6, 6.07) is 10.3. The van der Waals surface area contributed by atoms with Crippen molar-refractivity contribution in [3.63, 3.8) is 0 Å². The second-order valence-corrected chi connectivity index (χ2v) is 7.79. The zero-order valence-corrected chi connectivity index (χ0v) is 18.2. The van der Waals surface area contributed by atoms with Crippen LogP contribution in [0, 0.1) is 0 Å². The van der Waals surface area contributed by atoms with Gasteiger partial charge in [-0.25, -0.2) is 0 Å². The van der Waals surface area contributed by atoms with Crippen molar-refractivity contribution in [2.45, 2.75) is 31.5 Å². The first kappa shape index (κ1) is 24.8. The number of hydrogen-bond donors (Lipinski definition) is 2. The van der Waals surface area contributed by atoms with Gasteiger partial charge in [-0.05, 0) is 61.3 Å². The summed E-state index contributed by atoms with van der Waals surface area (Å²) < 4.78 is 38.6. The van der Waals surface area contributed by atoms with Crippen molar-refractivity contribution in [2.24, 2.45) is 0 Å². The van der Waals surface area contributed by atoms with Gasteiger partial charge in [-0.1, -0.05) is 18.2 Å². The Morgan fingerprint density at radius 2 is 1.81 bits per heavy atom. The van der Waals surface area contributed by atoms with Crippen LogP contribution in [-0.4, -0.2) is 42.4 Å². The molecule has 1 aliphatic rings. The number of likely N-dealkylation sites (tertiary alicyclic amines) is 1. The molecule has 1 aliphatic heterocycles. The lowest BCUT2D eigenvalue weighted by Crippen LogP contribution is -2.39. The van der Waals surface area contributed by atoms with E-state index in [0.29, 0.717) is 17.8 Å². The quantitative estimate of drug-likeness (QED) is 0.641. The van der Waals surface area contributed by atoms with E-state index >= 15 is 0 Å². The van der Waals surface area contributed by atoms with Gasteiger partial charge in [0.25, 0.3) is 0 Å². The van der Waals surface area contributed by atoms with E-state index in [1.807, 2.05) is 18.2 Å². The standard InChI is InChI=1S/C22H27F3N4O.ClH/c1-28(21(30)12-15-7-8-17(13-19(15)27)22(23,24)25)20(14-29-9-2-3-10-29)16-5-4-6-18(26)11-16;/h4-8,11,13,20H,2-3,9-10,12,14,26-27H2,1H3;1H/t20-;/m1./s1. The normalized spacial score (nSPS) is 15.4. The fourth-order valence-corrected chi connectivity index (χ4v) is 3.82. The summed E-state index contributed by atoms with van der Waals surface area (Å²) in [6.45, 7) is 2.63. The molecule has 5 nitrogen and oxygen atoms in total. The molecular weight excluding hydrogens is 429 g/mol. The molecule has 2 aromatic rings. The smallest absolute Gasteiger partial charge is 0.399 e. The van der Waals surface area contributed by atoms with Crippen LogP contribution in [0.2, 0.25) is 0 Å². The van der Waals surface area contributed by atoms with Gasteiger partial charge in [0.05, 0.1) is 18.0 Å². The van der Waals surface area contributed by atoms with Crippen molar-refractivity contribution < 1.29 is 18.0 Å². The summed E-state index contributed by atoms with van der Waals surface area (Å²) in [5, 5.41) is 0. The number of halogens is 4. The van der Waals surface area contributed by atoms with E-state index in [-0.39, 0.29) is 36.5 Å². The largest absolute Gasteiger partial charge is 0.416 e. The van der Waals surface area contributed by atoms with Gasteiger partial charge in [0.15, 0.2) is 0 Å². The summed E-state index contributed by atoms with van der Waals surface area (Å²) in [7, 11) is 1.71. The third kappa shape index (κ3) is 6.27. The third-order valence-electron chi connectivity index (χ3n) is 5.60. The molecule has 1 atom stereocenters. The lowest BCUT2D eigenvalue weighted by Gasteiger charge is -2.32. The molecule has 2 aromatic carbocycles. The Bertz CT molecular complexity index is 901. The van der Waals surface area contributed by atoms with Crippen molar-refractivity contribution in [1.82, 2.24) is 9.80 Å². The van der Waals surface area contributed by atoms with E-state index in [4.69, 9.17) is 11.5 Å². The molecule has 1 saturated heterocycles. The number of nitrogen functional groups attached to an aromatic ring is 2. The fraction of sp³-hybridized carbons (Fsp3) is 0.409. The van der Waals surface area contributed by atoms with Gasteiger partial charge in [0.2, 0.25) is 5.91 Å². The number of nitrogens with two attached hydrogens (primary N) is 2. The molecule has 1 amide bonds. The van der Waals surface area contributed by atoms with E-state index in [9.17, 15) is 18.0 Å². The van der Waals surface area contributed by atoms with Gasteiger partial charge in [0, 0.05) is 25.0 Å². The van der Waals surface area contributed by atoms with Crippen molar-refractivity contribution in [3.8, 4) is 0 Å². The van der Waals surface area contributed by atoms with Crippen LogP contribution in [0.5, 0.6) is 0 Å². The molecule has 31 heavy (non-hydrogen) atoms. The maximum absolute atomic E-state index is 13.0. The van der Waals surface area contributed by atoms with Crippen molar-refractivity contribution in [3.05, 3.63) is 59.2 Å². The Balaban J connectivity index is 0.00000341. The first-order valence-corrected chi connectivity index (χ1v) is 9.94. The molecule has 170 valence electrons. The summed E-state index contributed by atoms with van der Waals surface area (Å²) in [5.41, 5.74) is 12.8. The van der Waals surface area contributed by atoms with Gasteiger partial charge >= 0.3 is 6.18 Å². The minimum absolute atomic E-state index is 0. The molecule has 9 heteroatoms. The minimum Gasteiger partial charge on any atom is -0.399 e. The average molecular weight is 457 g/mol. The molecule has 0 bridgehead atoms. The van der Waals surface area contributed by atoms with Crippen LogP contribution in [0.25, 0.3) is 0 Å². The zero-order valence-electron chi connectivity index (χ0n) is 17.4. The molecule has 0 radical (unpaired) electrons. The molecule has 4 N–H and O–H groups in total. The van der Waals surface area contributed by atoms with Crippen LogP contribution in [0.15, 0.2) is 42.5 Å². The minimum atomic E-state index is -4.47. The van der Waals surface area contributed by atoms with Crippen molar-refractivity contribution >= 4 is 29.7 Å². The Morgan fingerprint density at radius 3 is 2.39 bits per heavy atom. The predicted molar refractivity (Wildman–Crippen MR) is 119 cm³/mol. The molecule has 1 fully saturated rings. The monoisotopic (exact) mass is 456 g/mol. The van der Waals surface area contributed by atoms with Crippen LogP contribution in [-0.2, 0) is 17.4 Å². The third-order valence-corrected chi connectivity index (χ3v) is 5.60. The Labute approximate surface area is 186 Å². The van der Waals surface area contributed by atoms with Gasteiger partial charge < -0.3 is 21.3 Å². The number of amides is 1. The lowest BCUT2D eigenvalue weighted by atomic mass is 10.0. The number of benzene rings is 2. The highest BCUT2D eigenvalue weighted by Crippen LogP contribution is 2.32. The summed E-state index contributed by atoms with van der Waals surface area (Å²) in [4.78, 5) is 17.0. The fourth-order valence-electron chi connectivity index (χ4n) is 3.82. The SMILES string of the molecule is CN(C(=O)Cc1ccc(C(F)(F)F)cc1N)[C@H](CN1CCCC1)c1cccc(N)c1.Cl. The molecule has 0 aliphatic carbocycles. The Hall–Kier alpha value is -2.45. The summed E-state index contributed by atoms with van der Waals surface area (Å²) >= 11 is 0. The van der Waals surface area contributed by atoms with Gasteiger partial charge in [0.1, 0.15) is 0 Å². The number of anilines is 2. The van der Waals surface area contributed by atoms with Crippen molar-refractivity contribution in [2.75, 3.05) is 38.1 Å². The second kappa shape index (κ2) is 10.2. The number of alkyl halides is 3. The molecule has 0 saturated carbocycles. The van der Waals surface area contributed by atoms with Crippen LogP contribution < -0.4 is 11.5 Å². The average Bonchev–Trinajstić information content (AvgIpc) is 3.19. The molecule has 0 unspecified atom stereocenters. The number of hydrogen-bond acceptors (Lipinski definition) is 4. The van der Waals surface area contributed by atoms with E-state index < -0.39 is 11.7 Å². The number of likely N-dealkylation sites (N-methyl/N-ethyl adjacent to an activating group) is 1. The zero-order chi connectivity index (χ0) is 21.9. The molecule has 3 rings (SSSR count). The van der Waals surface area contributed by atoms with E-state index in [2.05, 4.69) is 4.90 Å². The predicted octanol–water partition coefficient (Wildman–Crippen LogP) is 4.13. The van der Waals surface area contributed by atoms with Crippen molar-refractivity contribution in [1.29, 1.82) is 0 Å².